The van der Waals surface area contributed by atoms with Crippen molar-refractivity contribution in [2.45, 2.75) is 38.8 Å². The van der Waals surface area contributed by atoms with Crippen molar-refractivity contribution in [1.29, 1.82) is 0 Å². The molecule has 2 rings (SSSR count). The van der Waals surface area contributed by atoms with Gasteiger partial charge in [0.2, 0.25) is 5.91 Å². The standard InChI is InChI=1S/C14H17NO3/c1-10-3-2-4-11(7-10)9-15-12(8-14(17)18)5-6-13(15)16/h2-4,7,12H,5-6,8-9H2,1H3,(H,17,18). The predicted molar refractivity (Wildman–Crippen MR) is 67.0 cm³/mol. The van der Waals surface area contributed by atoms with Crippen molar-refractivity contribution >= 4 is 11.9 Å². The maximum atomic E-state index is 11.8. The molecule has 1 fully saturated rings. The molecule has 1 saturated heterocycles. The highest BCUT2D eigenvalue weighted by Crippen LogP contribution is 2.24. The Morgan fingerprint density at radius 3 is 2.94 bits per heavy atom. The highest BCUT2D eigenvalue weighted by molar-refractivity contribution is 5.80. The van der Waals surface area contributed by atoms with Gasteiger partial charge in [-0.25, -0.2) is 0 Å². The zero-order chi connectivity index (χ0) is 13.1. The fourth-order valence-corrected chi connectivity index (χ4v) is 2.43. The molecule has 1 unspecified atom stereocenters. The minimum absolute atomic E-state index is 0.0392. The van der Waals surface area contributed by atoms with Gasteiger partial charge in [0.25, 0.3) is 0 Å². The van der Waals surface area contributed by atoms with Crippen LogP contribution in [0.1, 0.15) is 30.4 Å². The molecule has 0 spiro atoms. The molecule has 1 aliphatic rings. The third-order valence-corrected chi connectivity index (χ3v) is 3.30. The molecule has 18 heavy (non-hydrogen) atoms. The number of carboxylic acid groups (broad SMARTS) is 1. The Morgan fingerprint density at radius 2 is 2.28 bits per heavy atom. The summed E-state index contributed by atoms with van der Waals surface area (Å²) in [6.45, 7) is 2.52. The number of amides is 1. The quantitative estimate of drug-likeness (QED) is 0.884. The third-order valence-electron chi connectivity index (χ3n) is 3.30. The summed E-state index contributed by atoms with van der Waals surface area (Å²) in [5.74, 6) is -0.785. The van der Waals surface area contributed by atoms with Crippen LogP contribution in [0, 0.1) is 6.92 Å². The first-order chi connectivity index (χ1) is 8.56. The summed E-state index contributed by atoms with van der Waals surface area (Å²) >= 11 is 0. The Morgan fingerprint density at radius 1 is 1.50 bits per heavy atom. The van der Waals surface area contributed by atoms with Crippen LogP contribution in [-0.2, 0) is 16.1 Å². The van der Waals surface area contributed by atoms with Crippen molar-refractivity contribution in [3.05, 3.63) is 35.4 Å². The number of carboxylic acids is 1. The van der Waals surface area contributed by atoms with Gasteiger partial charge in [-0.05, 0) is 18.9 Å². The molecule has 0 bridgehead atoms. The minimum Gasteiger partial charge on any atom is -0.481 e. The lowest BCUT2D eigenvalue weighted by atomic mass is 10.1. The number of carbonyl (C=O) groups is 2. The topological polar surface area (TPSA) is 57.6 Å². The summed E-state index contributed by atoms with van der Waals surface area (Å²) in [6, 6.07) is 7.80. The first-order valence-corrected chi connectivity index (χ1v) is 6.13. The second kappa shape index (κ2) is 5.21. The maximum Gasteiger partial charge on any atom is 0.305 e. The Labute approximate surface area is 106 Å². The molecule has 1 heterocycles. The van der Waals surface area contributed by atoms with E-state index >= 15 is 0 Å². The van der Waals surface area contributed by atoms with Gasteiger partial charge < -0.3 is 10.0 Å². The van der Waals surface area contributed by atoms with Crippen LogP contribution >= 0.6 is 0 Å². The predicted octanol–water partition coefficient (Wildman–Crippen LogP) is 1.96. The monoisotopic (exact) mass is 247 g/mol. The first-order valence-electron chi connectivity index (χ1n) is 6.13. The molecule has 0 radical (unpaired) electrons. The minimum atomic E-state index is -0.844. The van der Waals surface area contributed by atoms with Crippen LogP contribution in [0.25, 0.3) is 0 Å². The summed E-state index contributed by atoms with van der Waals surface area (Å²) in [5.41, 5.74) is 2.20. The Kier molecular flexibility index (Phi) is 3.65. The Hall–Kier alpha value is -1.84. The van der Waals surface area contributed by atoms with E-state index in [1.165, 1.54) is 0 Å². The Balaban J connectivity index is 2.10. The number of carbonyl (C=O) groups excluding carboxylic acids is 1. The van der Waals surface area contributed by atoms with Gasteiger partial charge in [0.1, 0.15) is 0 Å². The number of hydrogen-bond acceptors (Lipinski definition) is 2. The molecule has 1 N–H and O–H groups in total. The van der Waals surface area contributed by atoms with Crippen LogP contribution in [-0.4, -0.2) is 27.9 Å². The van der Waals surface area contributed by atoms with Crippen LogP contribution in [0.4, 0.5) is 0 Å². The lowest BCUT2D eigenvalue weighted by Crippen LogP contribution is -2.34. The van der Waals surface area contributed by atoms with Crippen molar-refractivity contribution in [2.75, 3.05) is 0 Å². The summed E-state index contributed by atoms with van der Waals surface area (Å²) < 4.78 is 0. The van der Waals surface area contributed by atoms with Crippen molar-refractivity contribution in [1.82, 2.24) is 4.90 Å². The third kappa shape index (κ3) is 2.88. The van der Waals surface area contributed by atoms with E-state index in [1.54, 1.807) is 4.90 Å². The van der Waals surface area contributed by atoms with Gasteiger partial charge in [0.15, 0.2) is 0 Å². The molecule has 1 atom stereocenters. The van der Waals surface area contributed by atoms with E-state index in [4.69, 9.17) is 5.11 Å². The molecule has 1 aliphatic heterocycles. The van der Waals surface area contributed by atoms with Crippen LogP contribution < -0.4 is 0 Å². The van der Waals surface area contributed by atoms with Crippen LogP contribution in [0.5, 0.6) is 0 Å². The molecule has 4 heteroatoms. The highest BCUT2D eigenvalue weighted by Gasteiger charge is 2.32. The number of nitrogens with zero attached hydrogens (tertiary/aromatic N) is 1. The van der Waals surface area contributed by atoms with Gasteiger partial charge >= 0.3 is 5.97 Å². The zero-order valence-corrected chi connectivity index (χ0v) is 10.4. The van der Waals surface area contributed by atoms with Gasteiger partial charge in [-0.15, -0.1) is 0 Å². The molecule has 1 amide bonds. The number of likely N-dealkylation sites (tertiary alicyclic amines) is 1. The largest absolute Gasteiger partial charge is 0.481 e. The highest BCUT2D eigenvalue weighted by atomic mass is 16.4. The number of aliphatic carboxylic acids is 1. The number of aryl methyl sites for hydroxylation is 1. The summed E-state index contributed by atoms with van der Waals surface area (Å²) in [6.07, 6.45) is 1.15. The first kappa shape index (κ1) is 12.6. The zero-order valence-electron chi connectivity index (χ0n) is 10.4. The van der Waals surface area contributed by atoms with Crippen molar-refractivity contribution in [2.24, 2.45) is 0 Å². The van der Waals surface area contributed by atoms with Gasteiger partial charge in [-0.3, -0.25) is 9.59 Å². The average molecular weight is 247 g/mol. The van der Waals surface area contributed by atoms with Crippen molar-refractivity contribution in [3.8, 4) is 0 Å². The molecule has 0 aromatic heterocycles. The van der Waals surface area contributed by atoms with E-state index in [0.717, 1.165) is 11.1 Å². The molecule has 4 nitrogen and oxygen atoms in total. The normalized spacial score (nSPS) is 19.3. The van der Waals surface area contributed by atoms with Gasteiger partial charge in [0.05, 0.1) is 6.42 Å². The summed E-state index contributed by atoms with van der Waals surface area (Å²) in [5, 5.41) is 8.85. The van der Waals surface area contributed by atoms with Gasteiger partial charge in [-0.2, -0.15) is 0 Å². The van der Waals surface area contributed by atoms with E-state index in [0.29, 0.717) is 19.4 Å². The number of benzene rings is 1. The SMILES string of the molecule is Cc1cccc(CN2C(=O)CCC2CC(=O)O)c1. The van der Waals surface area contributed by atoms with Crippen molar-refractivity contribution < 1.29 is 14.7 Å². The van der Waals surface area contributed by atoms with Crippen LogP contribution in [0.3, 0.4) is 0 Å². The van der Waals surface area contributed by atoms with E-state index in [2.05, 4.69) is 0 Å². The molecular formula is C14H17NO3. The lowest BCUT2D eigenvalue weighted by molar-refractivity contribution is -0.139. The molecule has 0 aliphatic carbocycles. The van der Waals surface area contributed by atoms with Crippen LogP contribution in [0.2, 0.25) is 0 Å². The van der Waals surface area contributed by atoms with E-state index in [9.17, 15) is 9.59 Å². The van der Waals surface area contributed by atoms with Gasteiger partial charge in [-0.1, -0.05) is 29.8 Å². The average Bonchev–Trinajstić information content (AvgIpc) is 2.61. The molecular weight excluding hydrogens is 230 g/mol. The Bertz CT molecular complexity index is 470. The molecule has 1 aromatic rings. The molecule has 96 valence electrons. The fraction of sp³-hybridized carbons (Fsp3) is 0.429. The second-order valence-electron chi connectivity index (χ2n) is 4.80. The second-order valence-corrected chi connectivity index (χ2v) is 4.80. The van der Waals surface area contributed by atoms with Crippen LogP contribution in [0.15, 0.2) is 24.3 Å². The van der Waals surface area contributed by atoms with Crippen molar-refractivity contribution in [3.63, 3.8) is 0 Å². The lowest BCUT2D eigenvalue weighted by Gasteiger charge is -2.23. The van der Waals surface area contributed by atoms with Gasteiger partial charge in [0, 0.05) is 19.0 Å². The van der Waals surface area contributed by atoms with E-state index in [1.807, 2.05) is 31.2 Å². The summed E-state index contributed by atoms with van der Waals surface area (Å²) in [4.78, 5) is 24.3. The summed E-state index contributed by atoms with van der Waals surface area (Å²) in [7, 11) is 0. The molecule has 1 aromatic carbocycles. The van der Waals surface area contributed by atoms with E-state index in [-0.39, 0.29) is 18.4 Å². The fourth-order valence-electron chi connectivity index (χ4n) is 2.43. The smallest absolute Gasteiger partial charge is 0.305 e. The number of rotatable bonds is 4. The van der Waals surface area contributed by atoms with E-state index < -0.39 is 5.97 Å². The maximum absolute atomic E-state index is 11.8. The number of hydrogen-bond donors (Lipinski definition) is 1. The molecule has 0 saturated carbocycles.